The second kappa shape index (κ2) is 10.4. The molecule has 0 spiro atoms. The number of nitrogens with zero attached hydrogens (tertiary/aromatic N) is 2. The Morgan fingerprint density at radius 2 is 0.920 bits per heavy atom. The number of fused-ring (bicyclic) bond motifs is 10. The first-order valence-electron chi connectivity index (χ1n) is 16.9. The van der Waals surface area contributed by atoms with Gasteiger partial charge in [-0.1, -0.05) is 91.0 Å². The van der Waals surface area contributed by atoms with Crippen molar-refractivity contribution in [3.8, 4) is 11.1 Å². The minimum atomic E-state index is 0.855. The van der Waals surface area contributed by atoms with E-state index in [1.807, 2.05) is 24.3 Å². The number of rotatable bonds is 4. The van der Waals surface area contributed by atoms with Crippen molar-refractivity contribution in [1.82, 2.24) is 4.40 Å². The smallest absolute Gasteiger partial charge is 0.137 e. The quantitative estimate of drug-likeness (QED) is 0.192. The van der Waals surface area contributed by atoms with E-state index in [4.69, 9.17) is 8.83 Å². The monoisotopic (exact) mass is 640 g/mol. The summed E-state index contributed by atoms with van der Waals surface area (Å²) < 4.78 is 15.1. The molecule has 4 heteroatoms. The van der Waals surface area contributed by atoms with Gasteiger partial charge in [-0.3, -0.25) is 0 Å². The Morgan fingerprint density at radius 1 is 0.380 bits per heavy atom. The van der Waals surface area contributed by atoms with Gasteiger partial charge in [-0.25, -0.2) is 0 Å². The lowest BCUT2D eigenvalue weighted by Crippen LogP contribution is -2.09. The average Bonchev–Trinajstić information content (AvgIpc) is 3.83. The van der Waals surface area contributed by atoms with Gasteiger partial charge in [0.05, 0.1) is 11.0 Å². The summed E-state index contributed by atoms with van der Waals surface area (Å²) in [5.74, 6) is 0. The van der Waals surface area contributed by atoms with E-state index in [-0.39, 0.29) is 0 Å². The highest BCUT2D eigenvalue weighted by molar-refractivity contribution is 6.10. The molecule has 4 heterocycles. The van der Waals surface area contributed by atoms with Crippen molar-refractivity contribution in [2.45, 2.75) is 0 Å². The van der Waals surface area contributed by atoms with Gasteiger partial charge < -0.3 is 18.1 Å². The molecule has 0 aliphatic rings. The molecule has 0 radical (unpaired) electrons. The fourth-order valence-electron chi connectivity index (χ4n) is 7.86. The number of pyridine rings is 1. The Kier molecular flexibility index (Phi) is 5.63. The minimum Gasteiger partial charge on any atom is -0.456 e. The Labute approximate surface area is 286 Å². The highest BCUT2D eigenvalue weighted by Crippen LogP contribution is 2.43. The van der Waals surface area contributed by atoms with Crippen LogP contribution in [0.15, 0.2) is 179 Å². The van der Waals surface area contributed by atoms with Gasteiger partial charge in [-0.15, -0.1) is 0 Å². The second-order valence-electron chi connectivity index (χ2n) is 13.0. The molecule has 7 aromatic carbocycles. The molecule has 4 aromatic heterocycles. The van der Waals surface area contributed by atoms with Gasteiger partial charge in [-0.05, 0) is 71.6 Å². The Bertz CT molecular complexity index is 3000. The standard InChI is InChI=1S/C46H28N2O2/c1-2-10-29(11-3-1)46-39-14-4-7-15-40(39)47-28-31-24-32(19-18-30(31)25-41(46)47)48(33-20-22-37-35-12-5-8-16-42(35)49-44(37)26-33)34-21-23-38-36-13-6-9-17-43(36)50-45(38)27-34/h1-28H. The normalized spacial score (nSPS) is 12.0. The summed E-state index contributed by atoms with van der Waals surface area (Å²) in [5, 5.41) is 8.02. The number of aromatic nitrogens is 1. The van der Waals surface area contributed by atoms with E-state index in [0.717, 1.165) is 66.3 Å². The summed E-state index contributed by atoms with van der Waals surface area (Å²) in [5.41, 5.74) is 11.4. The topological polar surface area (TPSA) is 33.9 Å². The molecule has 0 unspecified atom stereocenters. The SMILES string of the molecule is c1ccc(-c2c3ccccc3n3cc4cc(N(c5ccc6c(c5)oc5ccccc56)c5ccc6c(c5)oc5ccccc56)ccc4cc23)cc1. The van der Waals surface area contributed by atoms with Gasteiger partial charge in [0, 0.05) is 73.3 Å². The zero-order chi connectivity index (χ0) is 32.8. The van der Waals surface area contributed by atoms with E-state index < -0.39 is 0 Å². The molecule has 0 N–H and O–H groups in total. The fourth-order valence-corrected chi connectivity index (χ4v) is 7.86. The summed E-state index contributed by atoms with van der Waals surface area (Å²) in [6, 6.07) is 57.9. The maximum Gasteiger partial charge on any atom is 0.137 e. The van der Waals surface area contributed by atoms with Crippen molar-refractivity contribution in [1.29, 1.82) is 0 Å². The number of para-hydroxylation sites is 3. The fraction of sp³-hybridized carbons (Fsp3) is 0. The van der Waals surface area contributed by atoms with Crippen LogP contribution >= 0.6 is 0 Å². The summed E-state index contributed by atoms with van der Waals surface area (Å²) in [6.45, 7) is 0. The highest BCUT2D eigenvalue weighted by atomic mass is 16.3. The summed E-state index contributed by atoms with van der Waals surface area (Å²) in [6.07, 6.45) is 2.28. The third-order valence-electron chi connectivity index (χ3n) is 10.1. The Balaban J connectivity index is 1.14. The van der Waals surface area contributed by atoms with E-state index in [1.165, 1.54) is 32.9 Å². The molecule has 0 fully saturated rings. The van der Waals surface area contributed by atoms with E-state index in [0.29, 0.717) is 0 Å². The van der Waals surface area contributed by atoms with Crippen LogP contribution in [0.1, 0.15) is 0 Å². The number of furan rings is 2. The highest BCUT2D eigenvalue weighted by Gasteiger charge is 2.19. The third kappa shape index (κ3) is 3.99. The van der Waals surface area contributed by atoms with E-state index in [2.05, 4.69) is 155 Å². The maximum absolute atomic E-state index is 6.37. The van der Waals surface area contributed by atoms with Gasteiger partial charge in [0.15, 0.2) is 0 Å². The molecule has 4 nitrogen and oxygen atoms in total. The van der Waals surface area contributed by atoms with Gasteiger partial charge in [0.25, 0.3) is 0 Å². The predicted octanol–water partition coefficient (Wildman–Crippen LogP) is 13.2. The van der Waals surface area contributed by atoms with Crippen molar-refractivity contribution in [2.24, 2.45) is 0 Å². The van der Waals surface area contributed by atoms with Crippen molar-refractivity contribution in [3.63, 3.8) is 0 Å². The first-order chi connectivity index (χ1) is 24.8. The van der Waals surface area contributed by atoms with Gasteiger partial charge >= 0.3 is 0 Å². The molecule has 0 atom stereocenters. The van der Waals surface area contributed by atoms with Crippen LogP contribution in [0.25, 0.3) is 82.2 Å². The predicted molar refractivity (Wildman–Crippen MR) is 207 cm³/mol. The molecule has 0 saturated carbocycles. The second-order valence-corrected chi connectivity index (χ2v) is 13.0. The number of hydrogen-bond donors (Lipinski definition) is 0. The summed E-state index contributed by atoms with van der Waals surface area (Å²) in [4.78, 5) is 2.30. The molecule has 234 valence electrons. The molecule has 11 aromatic rings. The zero-order valence-electron chi connectivity index (χ0n) is 26.9. The van der Waals surface area contributed by atoms with Crippen molar-refractivity contribution < 1.29 is 8.83 Å². The van der Waals surface area contributed by atoms with Crippen LogP contribution in [0.5, 0.6) is 0 Å². The van der Waals surface area contributed by atoms with Crippen LogP contribution in [0.4, 0.5) is 17.1 Å². The van der Waals surface area contributed by atoms with Crippen molar-refractivity contribution in [2.75, 3.05) is 4.90 Å². The largest absolute Gasteiger partial charge is 0.456 e. The molecule has 50 heavy (non-hydrogen) atoms. The molecular formula is C46H28N2O2. The molecule has 0 amide bonds. The Morgan fingerprint density at radius 3 is 1.60 bits per heavy atom. The maximum atomic E-state index is 6.37. The van der Waals surface area contributed by atoms with Gasteiger partial charge in [0.2, 0.25) is 0 Å². The average molecular weight is 641 g/mol. The van der Waals surface area contributed by atoms with E-state index in [1.54, 1.807) is 0 Å². The van der Waals surface area contributed by atoms with Gasteiger partial charge in [0.1, 0.15) is 22.3 Å². The molecule has 0 saturated heterocycles. The van der Waals surface area contributed by atoms with Gasteiger partial charge in [-0.2, -0.15) is 0 Å². The van der Waals surface area contributed by atoms with Crippen molar-refractivity contribution >= 4 is 88.1 Å². The van der Waals surface area contributed by atoms with Crippen LogP contribution in [-0.4, -0.2) is 4.40 Å². The lowest BCUT2D eigenvalue weighted by atomic mass is 10.0. The minimum absolute atomic E-state index is 0.855. The molecular weight excluding hydrogens is 613 g/mol. The van der Waals surface area contributed by atoms with Crippen LogP contribution in [0.3, 0.4) is 0 Å². The number of benzene rings is 7. The van der Waals surface area contributed by atoms with Crippen LogP contribution in [-0.2, 0) is 0 Å². The van der Waals surface area contributed by atoms with Crippen LogP contribution < -0.4 is 4.90 Å². The van der Waals surface area contributed by atoms with E-state index >= 15 is 0 Å². The van der Waals surface area contributed by atoms with Crippen molar-refractivity contribution in [3.05, 3.63) is 170 Å². The van der Waals surface area contributed by atoms with Crippen LogP contribution in [0.2, 0.25) is 0 Å². The molecule has 0 aliphatic heterocycles. The zero-order valence-corrected chi connectivity index (χ0v) is 26.9. The van der Waals surface area contributed by atoms with E-state index in [9.17, 15) is 0 Å². The number of anilines is 3. The lowest BCUT2D eigenvalue weighted by Gasteiger charge is -2.26. The third-order valence-corrected chi connectivity index (χ3v) is 10.1. The molecule has 0 aliphatic carbocycles. The molecule has 11 rings (SSSR count). The first kappa shape index (κ1) is 27.2. The first-order valence-corrected chi connectivity index (χ1v) is 16.9. The summed E-state index contributed by atoms with van der Waals surface area (Å²) in [7, 11) is 0. The summed E-state index contributed by atoms with van der Waals surface area (Å²) >= 11 is 0. The molecule has 0 bridgehead atoms. The number of hydrogen-bond acceptors (Lipinski definition) is 3. The Hall–Kier alpha value is -6.78. The lowest BCUT2D eigenvalue weighted by molar-refractivity contribution is 0.669. The van der Waals surface area contributed by atoms with Crippen LogP contribution in [0, 0.1) is 0 Å².